The highest BCUT2D eigenvalue weighted by Crippen LogP contribution is 2.30. The molecule has 0 amide bonds. The molecule has 0 aliphatic heterocycles. The predicted octanol–water partition coefficient (Wildman–Crippen LogP) is 5.45. The molecule has 0 radical (unpaired) electrons. The number of nitrogens with one attached hydrogen (secondary N) is 1. The lowest BCUT2D eigenvalue weighted by molar-refractivity contribution is 0.416. The number of hydrogen-bond acceptors (Lipinski definition) is 2. The SMILES string of the molecule is COc1ccccc1-c1ccc(C(C)NCCCC(C)C)cc1. The Morgan fingerprint density at radius 1 is 0.957 bits per heavy atom. The Bertz CT molecular complexity index is 589. The van der Waals surface area contributed by atoms with Gasteiger partial charge < -0.3 is 10.1 Å². The smallest absolute Gasteiger partial charge is 0.126 e. The molecule has 0 heterocycles. The van der Waals surface area contributed by atoms with Crippen LogP contribution in [0.15, 0.2) is 48.5 Å². The van der Waals surface area contributed by atoms with E-state index < -0.39 is 0 Å². The molecule has 2 aromatic carbocycles. The lowest BCUT2D eigenvalue weighted by Gasteiger charge is -2.16. The Labute approximate surface area is 140 Å². The van der Waals surface area contributed by atoms with Gasteiger partial charge >= 0.3 is 0 Å². The quantitative estimate of drug-likeness (QED) is 0.655. The van der Waals surface area contributed by atoms with Crippen LogP contribution in [0.1, 0.15) is 45.2 Å². The number of rotatable bonds is 8. The van der Waals surface area contributed by atoms with Gasteiger partial charge in [-0.25, -0.2) is 0 Å². The van der Waals surface area contributed by atoms with Crippen LogP contribution in [0.4, 0.5) is 0 Å². The monoisotopic (exact) mass is 311 g/mol. The van der Waals surface area contributed by atoms with E-state index in [0.717, 1.165) is 23.8 Å². The zero-order valence-electron chi connectivity index (χ0n) is 14.8. The van der Waals surface area contributed by atoms with Gasteiger partial charge in [-0.1, -0.05) is 56.3 Å². The number of hydrogen-bond donors (Lipinski definition) is 1. The maximum atomic E-state index is 5.45. The third-order valence-corrected chi connectivity index (χ3v) is 4.24. The molecular formula is C21H29NO. The highest BCUT2D eigenvalue weighted by atomic mass is 16.5. The van der Waals surface area contributed by atoms with Gasteiger partial charge in [0.1, 0.15) is 5.75 Å². The lowest BCUT2D eigenvalue weighted by atomic mass is 10.0. The molecule has 2 heteroatoms. The van der Waals surface area contributed by atoms with Gasteiger partial charge in [-0.15, -0.1) is 0 Å². The average Bonchev–Trinajstić information content (AvgIpc) is 2.58. The minimum absolute atomic E-state index is 0.383. The van der Waals surface area contributed by atoms with E-state index in [2.05, 4.69) is 56.4 Å². The molecule has 1 N–H and O–H groups in total. The molecule has 124 valence electrons. The number of para-hydroxylation sites is 1. The molecule has 0 fully saturated rings. The van der Waals surface area contributed by atoms with Gasteiger partial charge in [-0.3, -0.25) is 0 Å². The van der Waals surface area contributed by atoms with E-state index in [-0.39, 0.29) is 0 Å². The van der Waals surface area contributed by atoms with Crippen LogP contribution in [0.5, 0.6) is 5.75 Å². The van der Waals surface area contributed by atoms with Crippen molar-refractivity contribution in [3.8, 4) is 16.9 Å². The van der Waals surface area contributed by atoms with Crippen molar-refractivity contribution in [3.63, 3.8) is 0 Å². The molecular weight excluding hydrogens is 282 g/mol. The fraction of sp³-hybridized carbons (Fsp3) is 0.429. The first-order valence-corrected chi connectivity index (χ1v) is 8.58. The second-order valence-corrected chi connectivity index (χ2v) is 6.53. The molecule has 0 aromatic heterocycles. The molecule has 0 aliphatic carbocycles. The average molecular weight is 311 g/mol. The van der Waals surface area contributed by atoms with Gasteiger partial charge in [0.15, 0.2) is 0 Å². The first-order valence-electron chi connectivity index (χ1n) is 8.58. The topological polar surface area (TPSA) is 21.3 Å². The van der Waals surface area contributed by atoms with Gasteiger partial charge in [0.25, 0.3) is 0 Å². The van der Waals surface area contributed by atoms with Gasteiger partial charge in [0.05, 0.1) is 7.11 Å². The molecule has 0 spiro atoms. The Balaban J connectivity index is 1.99. The molecule has 2 nitrogen and oxygen atoms in total. The van der Waals surface area contributed by atoms with E-state index in [0.29, 0.717) is 6.04 Å². The van der Waals surface area contributed by atoms with Gasteiger partial charge in [-0.2, -0.15) is 0 Å². The molecule has 1 unspecified atom stereocenters. The summed E-state index contributed by atoms with van der Waals surface area (Å²) in [5.74, 6) is 1.70. The van der Waals surface area contributed by atoms with Crippen LogP contribution in [-0.4, -0.2) is 13.7 Å². The summed E-state index contributed by atoms with van der Waals surface area (Å²) >= 11 is 0. The Morgan fingerprint density at radius 3 is 2.30 bits per heavy atom. The van der Waals surface area contributed by atoms with E-state index in [4.69, 9.17) is 4.74 Å². The second kappa shape index (κ2) is 8.73. The van der Waals surface area contributed by atoms with Crippen molar-refractivity contribution >= 4 is 0 Å². The number of methoxy groups -OCH3 is 1. The normalized spacial score (nSPS) is 12.4. The van der Waals surface area contributed by atoms with Gasteiger partial charge in [0, 0.05) is 11.6 Å². The largest absolute Gasteiger partial charge is 0.496 e. The molecule has 0 bridgehead atoms. The Hall–Kier alpha value is -1.80. The molecule has 0 aliphatic rings. The Morgan fingerprint density at radius 2 is 1.65 bits per heavy atom. The van der Waals surface area contributed by atoms with Crippen molar-refractivity contribution in [1.82, 2.24) is 5.32 Å². The second-order valence-electron chi connectivity index (χ2n) is 6.53. The van der Waals surface area contributed by atoms with Crippen LogP contribution in [-0.2, 0) is 0 Å². The first-order chi connectivity index (χ1) is 11.1. The van der Waals surface area contributed by atoms with Crippen LogP contribution in [0.2, 0.25) is 0 Å². The summed E-state index contributed by atoms with van der Waals surface area (Å²) in [6.07, 6.45) is 2.52. The molecule has 1 atom stereocenters. The Kier molecular flexibility index (Phi) is 6.66. The van der Waals surface area contributed by atoms with E-state index in [1.54, 1.807) is 7.11 Å². The van der Waals surface area contributed by atoms with E-state index in [9.17, 15) is 0 Å². The summed E-state index contributed by atoms with van der Waals surface area (Å²) in [6.45, 7) is 7.86. The summed E-state index contributed by atoms with van der Waals surface area (Å²) in [6, 6.07) is 17.3. The van der Waals surface area contributed by atoms with E-state index in [1.807, 2.05) is 18.2 Å². The van der Waals surface area contributed by atoms with Crippen LogP contribution >= 0.6 is 0 Å². The van der Waals surface area contributed by atoms with Crippen molar-refractivity contribution in [2.24, 2.45) is 5.92 Å². The fourth-order valence-electron chi connectivity index (χ4n) is 2.78. The maximum Gasteiger partial charge on any atom is 0.126 e. The third kappa shape index (κ3) is 5.11. The summed E-state index contributed by atoms with van der Waals surface area (Å²) in [4.78, 5) is 0. The number of ether oxygens (including phenoxy) is 1. The summed E-state index contributed by atoms with van der Waals surface area (Å²) in [5, 5.41) is 3.61. The van der Waals surface area contributed by atoms with Crippen LogP contribution in [0, 0.1) is 5.92 Å². The molecule has 2 aromatic rings. The van der Waals surface area contributed by atoms with Crippen molar-refractivity contribution in [2.75, 3.05) is 13.7 Å². The lowest BCUT2D eigenvalue weighted by Crippen LogP contribution is -2.20. The summed E-state index contributed by atoms with van der Waals surface area (Å²) in [7, 11) is 1.72. The van der Waals surface area contributed by atoms with Crippen LogP contribution in [0.3, 0.4) is 0 Å². The van der Waals surface area contributed by atoms with E-state index >= 15 is 0 Å². The maximum absolute atomic E-state index is 5.45. The predicted molar refractivity (Wildman–Crippen MR) is 98.9 cm³/mol. The summed E-state index contributed by atoms with van der Waals surface area (Å²) < 4.78 is 5.45. The zero-order valence-corrected chi connectivity index (χ0v) is 14.8. The number of benzene rings is 2. The fourth-order valence-corrected chi connectivity index (χ4v) is 2.78. The molecule has 2 rings (SSSR count). The zero-order chi connectivity index (χ0) is 16.7. The van der Waals surface area contributed by atoms with Gasteiger partial charge in [-0.05, 0) is 49.4 Å². The minimum atomic E-state index is 0.383. The standard InChI is InChI=1S/C21H29NO/c1-16(2)8-7-15-22-17(3)18-11-13-19(14-12-18)20-9-5-6-10-21(20)23-4/h5-6,9-14,16-17,22H,7-8,15H2,1-4H3. The van der Waals surface area contributed by atoms with Crippen molar-refractivity contribution in [1.29, 1.82) is 0 Å². The van der Waals surface area contributed by atoms with Crippen molar-refractivity contribution in [2.45, 2.75) is 39.7 Å². The van der Waals surface area contributed by atoms with Crippen LogP contribution in [0.25, 0.3) is 11.1 Å². The van der Waals surface area contributed by atoms with E-state index in [1.165, 1.54) is 24.0 Å². The molecule has 0 saturated heterocycles. The van der Waals surface area contributed by atoms with Crippen LogP contribution < -0.4 is 10.1 Å². The molecule has 23 heavy (non-hydrogen) atoms. The van der Waals surface area contributed by atoms with Crippen molar-refractivity contribution < 1.29 is 4.74 Å². The highest BCUT2D eigenvalue weighted by Gasteiger charge is 2.07. The van der Waals surface area contributed by atoms with Crippen molar-refractivity contribution in [3.05, 3.63) is 54.1 Å². The minimum Gasteiger partial charge on any atom is -0.496 e. The molecule has 0 saturated carbocycles. The first kappa shape index (κ1) is 17.6. The third-order valence-electron chi connectivity index (χ3n) is 4.24. The van der Waals surface area contributed by atoms with Gasteiger partial charge in [0.2, 0.25) is 0 Å². The summed E-state index contributed by atoms with van der Waals surface area (Å²) in [5.41, 5.74) is 3.66. The highest BCUT2D eigenvalue weighted by molar-refractivity contribution is 5.70.